The van der Waals surface area contributed by atoms with Crippen LogP contribution in [0.5, 0.6) is 0 Å². The quantitative estimate of drug-likeness (QED) is 0.230. The standard InChI is InChI=1S/C27H38N4O6S/c1-26(2)20-12-10-17-30(16-8-6-7-15-23(32)33)24(20)28-21(26)13-9-14-22-27(3,4)25(37-5)29-31(22)18-11-19-38(34,35)36/h9-10,12-14,17H,6-8,11,15-16,18-19H2,1-5H3,(H-,32,33,34,35,36)/p+1. The summed E-state index contributed by atoms with van der Waals surface area (Å²) in [5.74, 6) is 0.344. The number of hydrazone groups is 1. The first-order chi connectivity index (χ1) is 17.8. The highest BCUT2D eigenvalue weighted by Gasteiger charge is 2.42. The minimum absolute atomic E-state index is 0.193. The molecule has 2 aliphatic heterocycles. The van der Waals surface area contributed by atoms with Crippen molar-refractivity contribution in [2.75, 3.05) is 19.4 Å². The number of rotatable bonds is 12. The van der Waals surface area contributed by atoms with Gasteiger partial charge in [-0.15, -0.1) is 5.10 Å². The molecule has 3 rings (SSSR count). The van der Waals surface area contributed by atoms with Gasteiger partial charge >= 0.3 is 11.8 Å². The Morgan fingerprint density at radius 2 is 1.89 bits per heavy atom. The van der Waals surface area contributed by atoms with Crippen LogP contribution in [0.3, 0.4) is 0 Å². The summed E-state index contributed by atoms with van der Waals surface area (Å²) in [5.41, 5.74) is 2.08. The summed E-state index contributed by atoms with van der Waals surface area (Å²) in [5, 5.41) is 15.1. The molecule has 2 aliphatic rings. The summed E-state index contributed by atoms with van der Waals surface area (Å²) in [6, 6.07) is 4.12. The molecule has 1 aromatic heterocycles. The van der Waals surface area contributed by atoms with Gasteiger partial charge in [-0.2, -0.15) is 8.42 Å². The number of fused-ring (bicyclic) bond motifs is 1. The van der Waals surface area contributed by atoms with E-state index < -0.39 is 21.5 Å². The summed E-state index contributed by atoms with van der Waals surface area (Å²) >= 11 is 0. The molecule has 0 aliphatic carbocycles. The number of aliphatic carboxylic acids is 1. The second kappa shape index (κ2) is 11.8. The van der Waals surface area contributed by atoms with Gasteiger partial charge in [0.15, 0.2) is 5.71 Å². The molecule has 0 saturated heterocycles. The highest BCUT2D eigenvalue weighted by atomic mass is 32.2. The van der Waals surface area contributed by atoms with Crippen LogP contribution >= 0.6 is 0 Å². The zero-order chi connectivity index (χ0) is 28.1. The van der Waals surface area contributed by atoms with E-state index in [0.717, 1.165) is 42.2 Å². The number of allylic oxidation sites excluding steroid dienone is 3. The third kappa shape index (κ3) is 6.87. The highest BCUT2D eigenvalue weighted by molar-refractivity contribution is 7.85. The molecule has 0 aromatic carbocycles. The molecular weight excluding hydrogens is 508 g/mol. The van der Waals surface area contributed by atoms with Crippen LogP contribution in [-0.2, 0) is 31.6 Å². The van der Waals surface area contributed by atoms with Crippen LogP contribution in [0.1, 0.15) is 65.4 Å². The van der Waals surface area contributed by atoms with E-state index in [1.807, 2.05) is 44.3 Å². The van der Waals surface area contributed by atoms with E-state index in [1.165, 1.54) is 0 Å². The molecule has 1 aromatic rings. The number of unbranched alkanes of at least 4 members (excludes halogenated alkanes) is 2. The van der Waals surface area contributed by atoms with E-state index >= 15 is 0 Å². The molecule has 208 valence electrons. The maximum Gasteiger partial charge on any atom is 0.327 e. The monoisotopic (exact) mass is 547 g/mol. The molecule has 38 heavy (non-hydrogen) atoms. The predicted octanol–water partition coefficient (Wildman–Crippen LogP) is 4.00. The first kappa shape index (κ1) is 29.5. The van der Waals surface area contributed by atoms with Gasteiger partial charge in [0.2, 0.25) is 5.90 Å². The van der Waals surface area contributed by atoms with Gasteiger partial charge in [-0.3, -0.25) is 14.4 Å². The Hall–Kier alpha value is -3.05. The number of pyridine rings is 1. The van der Waals surface area contributed by atoms with Gasteiger partial charge in [-0.05, 0) is 82.7 Å². The summed E-state index contributed by atoms with van der Waals surface area (Å²) in [7, 11) is -2.49. The Bertz CT molecular complexity index is 1280. The number of carboxylic acid groups (broad SMARTS) is 1. The summed E-state index contributed by atoms with van der Waals surface area (Å²) in [6.07, 6.45) is 10.7. The number of ether oxygens (including phenoxy) is 1. The van der Waals surface area contributed by atoms with E-state index in [1.54, 1.807) is 12.1 Å². The lowest BCUT2D eigenvalue weighted by atomic mass is 9.82. The van der Waals surface area contributed by atoms with Crippen molar-refractivity contribution in [2.45, 2.75) is 71.8 Å². The number of nitrogens with zero attached hydrogens (tertiary/aromatic N) is 4. The lowest BCUT2D eigenvalue weighted by Gasteiger charge is -2.24. The van der Waals surface area contributed by atoms with E-state index in [9.17, 15) is 13.2 Å². The van der Waals surface area contributed by atoms with E-state index in [-0.39, 0.29) is 24.0 Å². The van der Waals surface area contributed by atoms with E-state index in [4.69, 9.17) is 19.4 Å². The number of aryl methyl sites for hydroxylation is 1. The first-order valence-corrected chi connectivity index (χ1v) is 14.5. The smallest absolute Gasteiger partial charge is 0.327 e. The Labute approximate surface area is 225 Å². The van der Waals surface area contributed by atoms with Crippen LogP contribution < -0.4 is 4.57 Å². The molecule has 10 nitrogen and oxygen atoms in total. The van der Waals surface area contributed by atoms with Gasteiger partial charge in [-0.25, -0.2) is 4.57 Å². The second-order valence-corrected chi connectivity index (χ2v) is 12.2. The molecule has 0 unspecified atom stereocenters. The van der Waals surface area contributed by atoms with E-state index in [0.29, 0.717) is 18.9 Å². The van der Waals surface area contributed by atoms with Crippen LogP contribution in [0.2, 0.25) is 0 Å². The van der Waals surface area contributed by atoms with Crippen molar-refractivity contribution >= 4 is 33.5 Å². The summed E-state index contributed by atoms with van der Waals surface area (Å²) < 4.78 is 39.0. The number of carboxylic acids is 1. The summed E-state index contributed by atoms with van der Waals surface area (Å²) in [4.78, 5) is 15.7. The normalized spacial score (nSPS) is 19.1. The second-order valence-electron chi connectivity index (χ2n) is 10.7. The third-order valence-corrected chi connectivity index (χ3v) is 7.81. The van der Waals surface area contributed by atoms with Crippen molar-refractivity contribution in [3.63, 3.8) is 0 Å². The fourth-order valence-corrected chi connectivity index (χ4v) is 5.31. The average molecular weight is 548 g/mol. The van der Waals surface area contributed by atoms with Crippen molar-refractivity contribution < 1.29 is 32.2 Å². The summed E-state index contributed by atoms with van der Waals surface area (Å²) in [6.45, 7) is 9.35. The van der Waals surface area contributed by atoms with Gasteiger partial charge < -0.3 is 9.84 Å². The Morgan fingerprint density at radius 3 is 2.55 bits per heavy atom. The first-order valence-electron chi connectivity index (χ1n) is 12.9. The van der Waals surface area contributed by atoms with Crippen molar-refractivity contribution in [1.29, 1.82) is 0 Å². The third-order valence-electron chi connectivity index (χ3n) is 7.01. The zero-order valence-corrected chi connectivity index (χ0v) is 23.7. The van der Waals surface area contributed by atoms with Crippen molar-refractivity contribution in [1.82, 2.24) is 5.01 Å². The minimum atomic E-state index is -4.05. The lowest BCUT2D eigenvalue weighted by Crippen LogP contribution is -2.34. The zero-order valence-electron chi connectivity index (χ0n) is 22.8. The topological polar surface area (TPSA) is 133 Å². The fourth-order valence-electron chi connectivity index (χ4n) is 4.82. The van der Waals surface area contributed by atoms with Crippen LogP contribution in [0.25, 0.3) is 0 Å². The van der Waals surface area contributed by atoms with Crippen LogP contribution in [0, 0.1) is 5.41 Å². The molecule has 0 bridgehead atoms. The molecule has 0 spiro atoms. The number of aliphatic imine (C=N–C) groups is 1. The molecule has 11 heteroatoms. The molecule has 0 amide bonds. The largest absolute Gasteiger partial charge is 0.482 e. The van der Waals surface area contributed by atoms with Crippen molar-refractivity contribution in [2.24, 2.45) is 15.5 Å². The van der Waals surface area contributed by atoms with Gasteiger partial charge in [0.25, 0.3) is 10.1 Å². The number of hydrogen-bond donors (Lipinski definition) is 2. The van der Waals surface area contributed by atoms with Crippen molar-refractivity contribution in [3.05, 3.63) is 47.8 Å². The lowest BCUT2D eigenvalue weighted by molar-refractivity contribution is -0.684. The SMILES string of the molecule is COC1=NN(CCCS(=O)(=O)O)/C(=C/C=C/C2=Nc3c(ccc[n+]3CCCCCC(=O)O)C2(C)C)C1(C)C. The maximum atomic E-state index is 11.2. The number of hydrogen-bond acceptors (Lipinski definition) is 7. The van der Waals surface area contributed by atoms with Gasteiger partial charge in [-0.1, -0.05) is 6.08 Å². The van der Waals surface area contributed by atoms with Crippen LogP contribution in [0.4, 0.5) is 5.82 Å². The molecule has 0 atom stereocenters. The van der Waals surface area contributed by atoms with Crippen LogP contribution in [-0.4, -0.2) is 60.1 Å². The molecular formula is C27H39N4O6S+. The van der Waals surface area contributed by atoms with Gasteiger partial charge in [0, 0.05) is 13.0 Å². The average Bonchev–Trinajstić information content (AvgIpc) is 3.22. The Balaban J connectivity index is 1.79. The maximum absolute atomic E-state index is 11.2. The number of aromatic nitrogens is 1. The van der Waals surface area contributed by atoms with Gasteiger partial charge in [0.05, 0.1) is 47.7 Å². The van der Waals surface area contributed by atoms with Crippen LogP contribution in [0.15, 0.2) is 52.3 Å². The molecule has 0 radical (unpaired) electrons. The Kier molecular flexibility index (Phi) is 9.14. The molecule has 0 fully saturated rings. The molecule has 0 saturated carbocycles. The minimum Gasteiger partial charge on any atom is -0.482 e. The number of carbonyl (C=O) groups is 1. The van der Waals surface area contributed by atoms with E-state index in [2.05, 4.69) is 29.6 Å². The van der Waals surface area contributed by atoms with Gasteiger partial charge in [0.1, 0.15) is 0 Å². The number of methoxy groups -OCH3 is 1. The Morgan fingerprint density at radius 1 is 1.16 bits per heavy atom. The molecule has 2 N–H and O–H groups in total. The predicted molar refractivity (Wildman–Crippen MR) is 146 cm³/mol. The highest BCUT2D eigenvalue weighted by Crippen LogP contribution is 2.39. The fraction of sp³-hybridized carbons (Fsp3) is 0.556. The van der Waals surface area contributed by atoms with Crippen molar-refractivity contribution in [3.8, 4) is 0 Å². The molecule has 3 heterocycles.